The minimum Gasteiger partial charge on any atom is -0.345 e. The molecule has 1 N–H and O–H groups in total. The van der Waals surface area contributed by atoms with Gasteiger partial charge in [0.25, 0.3) is 5.91 Å². The molecule has 1 unspecified atom stereocenters. The lowest BCUT2D eigenvalue weighted by molar-refractivity contribution is 0.0935. The van der Waals surface area contributed by atoms with Gasteiger partial charge >= 0.3 is 0 Å². The van der Waals surface area contributed by atoms with E-state index in [0.29, 0.717) is 6.42 Å². The summed E-state index contributed by atoms with van der Waals surface area (Å²) < 4.78 is 29.1. The zero-order valence-corrected chi connectivity index (χ0v) is 15.8. The summed E-state index contributed by atoms with van der Waals surface area (Å²) >= 11 is 0. The van der Waals surface area contributed by atoms with E-state index in [4.69, 9.17) is 0 Å². The van der Waals surface area contributed by atoms with Crippen LogP contribution in [0.3, 0.4) is 0 Å². The molecule has 0 aliphatic rings. The zero-order valence-electron chi connectivity index (χ0n) is 15.8. The second-order valence-corrected chi connectivity index (χ2v) is 6.87. The average Bonchev–Trinajstić information content (AvgIpc) is 3.03. The number of aromatic nitrogens is 2. The van der Waals surface area contributed by atoms with Gasteiger partial charge in [0.1, 0.15) is 17.5 Å². The highest BCUT2D eigenvalue weighted by atomic mass is 19.1. The van der Waals surface area contributed by atoms with Crippen molar-refractivity contribution in [2.24, 2.45) is 7.05 Å². The van der Waals surface area contributed by atoms with Crippen LogP contribution in [0.4, 0.5) is 8.78 Å². The molecule has 3 aromatic carbocycles. The monoisotopic (exact) mass is 391 g/mol. The molecular formula is C23H19F2N3O. The number of hydrogen-bond acceptors (Lipinski definition) is 2. The van der Waals surface area contributed by atoms with Crippen LogP contribution in [0.2, 0.25) is 0 Å². The van der Waals surface area contributed by atoms with Crippen LogP contribution in [0.25, 0.3) is 11.0 Å². The van der Waals surface area contributed by atoms with Gasteiger partial charge in [0, 0.05) is 25.1 Å². The topological polar surface area (TPSA) is 46.9 Å². The van der Waals surface area contributed by atoms with E-state index in [0.717, 1.165) is 40.6 Å². The minimum atomic E-state index is -0.790. The Kier molecular flexibility index (Phi) is 5.08. The van der Waals surface area contributed by atoms with Crippen LogP contribution in [-0.2, 0) is 13.5 Å². The average molecular weight is 391 g/mol. The molecule has 0 saturated carbocycles. The standard InChI is InChI=1S/C23H19F2N3O/c1-28-21-10-6-5-9-19(21)26-22(28)14-20(15-7-3-2-4-8-15)27-23(29)16-11-17(24)13-18(25)12-16/h2-13,20H,14H2,1H3,(H,27,29). The summed E-state index contributed by atoms with van der Waals surface area (Å²) in [6.45, 7) is 0. The number of hydrogen-bond donors (Lipinski definition) is 1. The Bertz CT molecular complexity index is 1150. The van der Waals surface area contributed by atoms with E-state index >= 15 is 0 Å². The van der Waals surface area contributed by atoms with Gasteiger partial charge in [-0.15, -0.1) is 0 Å². The van der Waals surface area contributed by atoms with Crippen LogP contribution in [0.15, 0.2) is 72.8 Å². The van der Waals surface area contributed by atoms with Gasteiger partial charge in [-0.2, -0.15) is 0 Å². The Balaban J connectivity index is 1.66. The normalized spacial score (nSPS) is 12.1. The van der Waals surface area contributed by atoms with E-state index in [9.17, 15) is 13.6 Å². The van der Waals surface area contributed by atoms with Crippen molar-refractivity contribution in [2.45, 2.75) is 12.5 Å². The first-order valence-corrected chi connectivity index (χ1v) is 9.23. The van der Waals surface area contributed by atoms with Crippen molar-refractivity contribution >= 4 is 16.9 Å². The van der Waals surface area contributed by atoms with Gasteiger partial charge in [0.2, 0.25) is 0 Å². The van der Waals surface area contributed by atoms with Crippen molar-refractivity contribution in [1.29, 1.82) is 0 Å². The first-order chi connectivity index (χ1) is 14.0. The van der Waals surface area contributed by atoms with Gasteiger partial charge in [-0.05, 0) is 29.8 Å². The SMILES string of the molecule is Cn1c(CC(NC(=O)c2cc(F)cc(F)c2)c2ccccc2)nc2ccccc21. The number of rotatable bonds is 5. The van der Waals surface area contributed by atoms with Gasteiger partial charge in [0.05, 0.1) is 17.1 Å². The number of fused-ring (bicyclic) bond motifs is 1. The molecule has 0 radical (unpaired) electrons. The summed E-state index contributed by atoms with van der Waals surface area (Å²) in [6.07, 6.45) is 0.429. The van der Waals surface area contributed by atoms with Gasteiger partial charge in [-0.3, -0.25) is 4.79 Å². The molecule has 4 aromatic rings. The van der Waals surface area contributed by atoms with Crippen LogP contribution < -0.4 is 5.32 Å². The zero-order chi connectivity index (χ0) is 20.4. The highest BCUT2D eigenvalue weighted by Crippen LogP contribution is 2.22. The largest absolute Gasteiger partial charge is 0.345 e. The number of aryl methyl sites for hydroxylation is 1. The molecule has 0 aliphatic heterocycles. The van der Waals surface area contributed by atoms with Crippen molar-refractivity contribution < 1.29 is 13.6 Å². The predicted octanol–water partition coefficient (Wildman–Crippen LogP) is 4.57. The number of carbonyl (C=O) groups excluding carboxylic acids is 1. The van der Waals surface area contributed by atoms with Crippen molar-refractivity contribution in [1.82, 2.24) is 14.9 Å². The minimum absolute atomic E-state index is 0.0616. The number of nitrogens with one attached hydrogen (secondary N) is 1. The highest BCUT2D eigenvalue weighted by molar-refractivity contribution is 5.94. The molecule has 0 bridgehead atoms. The lowest BCUT2D eigenvalue weighted by Gasteiger charge is -2.19. The van der Waals surface area contributed by atoms with Gasteiger partial charge in [-0.1, -0.05) is 42.5 Å². The van der Waals surface area contributed by atoms with Crippen LogP contribution in [0.5, 0.6) is 0 Å². The summed E-state index contributed by atoms with van der Waals surface area (Å²) in [5, 5.41) is 2.90. The van der Waals surface area contributed by atoms with Crippen LogP contribution in [0.1, 0.15) is 27.8 Å². The summed E-state index contributed by atoms with van der Waals surface area (Å²) in [4.78, 5) is 17.4. The van der Waals surface area contributed by atoms with Crippen LogP contribution in [-0.4, -0.2) is 15.5 Å². The maximum absolute atomic E-state index is 13.5. The number of imidazole rings is 1. The Hall–Kier alpha value is -3.54. The molecule has 0 aliphatic carbocycles. The van der Waals surface area contributed by atoms with Crippen molar-refractivity contribution in [3.63, 3.8) is 0 Å². The second kappa shape index (κ2) is 7.83. The number of carbonyl (C=O) groups is 1. The fourth-order valence-electron chi connectivity index (χ4n) is 3.42. The van der Waals surface area contributed by atoms with E-state index in [-0.39, 0.29) is 5.56 Å². The first kappa shape index (κ1) is 18.8. The second-order valence-electron chi connectivity index (χ2n) is 6.87. The molecule has 1 atom stereocenters. The maximum atomic E-state index is 13.5. The molecule has 1 aromatic heterocycles. The number of halogens is 2. The Morgan fingerprint density at radius 3 is 2.34 bits per heavy atom. The predicted molar refractivity (Wildman–Crippen MR) is 107 cm³/mol. The fourth-order valence-corrected chi connectivity index (χ4v) is 3.42. The number of benzene rings is 3. The molecule has 146 valence electrons. The molecule has 4 nitrogen and oxygen atoms in total. The molecule has 0 spiro atoms. The lowest BCUT2D eigenvalue weighted by Crippen LogP contribution is -2.30. The van der Waals surface area contributed by atoms with Crippen molar-refractivity contribution in [2.75, 3.05) is 0 Å². The third-order valence-electron chi connectivity index (χ3n) is 4.90. The van der Waals surface area contributed by atoms with E-state index in [1.54, 1.807) is 0 Å². The fraction of sp³-hybridized carbons (Fsp3) is 0.130. The molecule has 0 fully saturated rings. The smallest absolute Gasteiger partial charge is 0.251 e. The van der Waals surface area contributed by atoms with E-state index in [1.807, 2.05) is 66.2 Å². The van der Waals surface area contributed by atoms with E-state index < -0.39 is 23.6 Å². The molecule has 1 heterocycles. The summed E-state index contributed by atoms with van der Waals surface area (Å²) in [7, 11) is 1.93. The number of nitrogens with zero attached hydrogens (tertiary/aromatic N) is 2. The van der Waals surface area contributed by atoms with Crippen molar-refractivity contribution in [3.8, 4) is 0 Å². The molecule has 0 saturated heterocycles. The lowest BCUT2D eigenvalue weighted by atomic mass is 10.0. The van der Waals surface area contributed by atoms with Gasteiger partial charge < -0.3 is 9.88 Å². The summed E-state index contributed by atoms with van der Waals surface area (Å²) in [6, 6.07) is 19.6. The molecular weight excluding hydrogens is 372 g/mol. The molecule has 6 heteroatoms. The van der Waals surface area contributed by atoms with Crippen molar-refractivity contribution in [3.05, 3.63) is 101 Å². The number of para-hydroxylation sites is 2. The summed E-state index contributed by atoms with van der Waals surface area (Å²) in [5.74, 6) is -1.33. The highest BCUT2D eigenvalue weighted by Gasteiger charge is 2.20. The Morgan fingerprint density at radius 1 is 1.00 bits per heavy atom. The van der Waals surface area contributed by atoms with Crippen LogP contribution >= 0.6 is 0 Å². The first-order valence-electron chi connectivity index (χ1n) is 9.23. The Labute approximate surface area is 166 Å². The molecule has 4 rings (SSSR count). The van der Waals surface area contributed by atoms with Gasteiger partial charge in [0.15, 0.2) is 0 Å². The van der Waals surface area contributed by atoms with E-state index in [1.165, 1.54) is 0 Å². The third-order valence-corrected chi connectivity index (χ3v) is 4.90. The maximum Gasteiger partial charge on any atom is 0.251 e. The van der Waals surface area contributed by atoms with Crippen LogP contribution in [0, 0.1) is 11.6 Å². The third kappa shape index (κ3) is 4.01. The molecule has 1 amide bonds. The van der Waals surface area contributed by atoms with E-state index in [2.05, 4.69) is 10.3 Å². The quantitative estimate of drug-likeness (QED) is 0.542. The summed E-state index contributed by atoms with van der Waals surface area (Å²) in [5.41, 5.74) is 2.68. The Morgan fingerprint density at radius 2 is 1.66 bits per heavy atom. The number of amides is 1. The molecule has 29 heavy (non-hydrogen) atoms. The van der Waals surface area contributed by atoms with Gasteiger partial charge in [-0.25, -0.2) is 13.8 Å².